The minimum absolute atomic E-state index is 0.0723. The van der Waals surface area contributed by atoms with Crippen LogP contribution in [0.3, 0.4) is 0 Å². The van der Waals surface area contributed by atoms with Gasteiger partial charge in [-0.15, -0.1) is 0 Å². The van der Waals surface area contributed by atoms with E-state index in [-0.39, 0.29) is 18.3 Å². The fourth-order valence-electron chi connectivity index (χ4n) is 3.23. The van der Waals surface area contributed by atoms with Gasteiger partial charge in [-0.05, 0) is 43.2 Å². The number of nitrogens with zero attached hydrogens (tertiary/aromatic N) is 2. The van der Waals surface area contributed by atoms with Gasteiger partial charge in [0.1, 0.15) is 11.9 Å². The first-order chi connectivity index (χ1) is 12.1. The molecule has 0 aromatic heterocycles. The molecule has 6 heteroatoms. The number of carbonyl (C=O) groups excluding carboxylic acids is 1. The largest absolute Gasteiger partial charge is 0.311 e. The van der Waals surface area contributed by atoms with Crippen LogP contribution in [-0.2, 0) is 4.79 Å². The van der Waals surface area contributed by atoms with Crippen molar-refractivity contribution in [1.29, 1.82) is 0 Å². The third-order valence-electron chi connectivity index (χ3n) is 4.58. The Morgan fingerprint density at radius 1 is 1.28 bits per heavy atom. The molecule has 130 valence electrons. The molecule has 2 unspecified atom stereocenters. The number of anilines is 1. The topological polar surface area (TPSA) is 61.8 Å². The van der Waals surface area contributed by atoms with Gasteiger partial charge in [0.05, 0.1) is 12.6 Å². The van der Waals surface area contributed by atoms with Crippen LogP contribution in [-0.4, -0.2) is 19.0 Å². The van der Waals surface area contributed by atoms with Crippen molar-refractivity contribution in [3.05, 3.63) is 69.9 Å². The molecule has 0 bridgehead atoms. The van der Waals surface area contributed by atoms with Crippen LogP contribution in [0.1, 0.15) is 42.6 Å². The van der Waals surface area contributed by atoms with E-state index >= 15 is 0 Å². The molecule has 1 aliphatic rings. The van der Waals surface area contributed by atoms with Crippen molar-refractivity contribution in [2.45, 2.75) is 25.9 Å². The van der Waals surface area contributed by atoms with E-state index in [4.69, 9.17) is 0 Å². The number of hydrogen-bond acceptors (Lipinski definition) is 4. The standard InChI is InChI=1S/C19H20FN3O2/c1-3-23-17-9-8-13(12(2)22-25)10-15(17)19(21-11-18(23)24)14-6-4-5-7-16(14)20/h4-10,12,19,21H,3,11H2,1-2H3. The minimum Gasteiger partial charge on any atom is -0.311 e. The average molecular weight is 341 g/mol. The molecule has 25 heavy (non-hydrogen) atoms. The highest BCUT2D eigenvalue weighted by Gasteiger charge is 2.29. The summed E-state index contributed by atoms with van der Waals surface area (Å²) in [6, 6.07) is 11.0. The van der Waals surface area contributed by atoms with E-state index in [0.717, 1.165) is 16.8 Å². The van der Waals surface area contributed by atoms with E-state index in [1.54, 1.807) is 36.1 Å². The lowest BCUT2D eigenvalue weighted by molar-refractivity contribution is -0.117. The summed E-state index contributed by atoms with van der Waals surface area (Å²) in [5.74, 6) is -0.410. The van der Waals surface area contributed by atoms with E-state index in [1.165, 1.54) is 6.07 Å². The highest BCUT2D eigenvalue weighted by Crippen LogP contribution is 2.36. The predicted molar refractivity (Wildman–Crippen MR) is 94.9 cm³/mol. The second-order valence-corrected chi connectivity index (χ2v) is 6.07. The number of rotatable bonds is 4. The molecule has 0 saturated carbocycles. The smallest absolute Gasteiger partial charge is 0.240 e. The van der Waals surface area contributed by atoms with Crippen LogP contribution in [0, 0.1) is 10.7 Å². The monoisotopic (exact) mass is 341 g/mol. The highest BCUT2D eigenvalue weighted by molar-refractivity contribution is 5.96. The van der Waals surface area contributed by atoms with Crippen molar-refractivity contribution >= 4 is 11.6 Å². The second kappa shape index (κ2) is 7.11. The molecule has 3 rings (SSSR count). The van der Waals surface area contributed by atoms with Crippen LogP contribution in [0.15, 0.2) is 47.6 Å². The van der Waals surface area contributed by atoms with Crippen molar-refractivity contribution in [2.75, 3.05) is 18.0 Å². The molecule has 1 aliphatic heterocycles. The molecule has 2 aromatic carbocycles. The van der Waals surface area contributed by atoms with Crippen LogP contribution in [0.25, 0.3) is 0 Å². The molecule has 1 amide bonds. The van der Waals surface area contributed by atoms with Gasteiger partial charge in [-0.3, -0.25) is 10.1 Å². The summed E-state index contributed by atoms with van der Waals surface area (Å²) < 4.78 is 14.4. The van der Waals surface area contributed by atoms with Crippen molar-refractivity contribution in [2.24, 2.45) is 5.18 Å². The Labute approximate surface area is 145 Å². The molecule has 5 nitrogen and oxygen atoms in total. The summed E-state index contributed by atoms with van der Waals surface area (Å²) in [4.78, 5) is 25.0. The summed E-state index contributed by atoms with van der Waals surface area (Å²) in [5, 5.41) is 6.23. The Kier molecular flexibility index (Phi) is 4.90. The Morgan fingerprint density at radius 3 is 2.72 bits per heavy atom. The molecular weight excluding hydrogens is 321 g/mol. The summed E-state index contributed by atoms with van der Waals surface area (Å²) in [6.07, 6.45) is 0. The van der Waals surface area contributed by atoms with E-state index in [0.29, 0.717) is 12.1 Å². The van der Waals surface area contributed by atoms with Crippen LogP contribution >= 0.6 is 0 Å². The quantitative estimate of drug-likeness (QED) is 0.863. The summed E-state index contributed by atoms with van der Waals surface area (Å²) >= 11 is 0. The lowest BCUT2D eigenvalue weighted by Crippen LogP contribution is -2.36. The zero-order chi connectivity index (χ0) is 18.0. The Bertz CT molecular complexity index is 809. The zero-order valence-electron chi connectivity index (χ0n) is 14.2. The third kappa shape index (κ3) is 3.17. The van der Waals surface area contributed by atoms with Gasteiger partial charge in [0.2, 0.25) is 5.91 Å². The summed E-state index contributed by atoms with van der Waals surface area (Å²) in [6.45, 7) is 4.23. The van der Waals surface area contributed by atoms with E-state index in [9.17, 15) is 14.1 Å². The Morgan fingerprint density at radius 2 is 2.04 bits per heavy atom. The molecule has 0 aliphatic carbocycles. The molecule has 1 heterocycles. The van der Waals surface area contributed by atoms with Crippen molar-refractivity contribution < 1.29 is 9.18 Å². The fraction of sp³-hybridized carbons (Fsp3) is 0.316. The zero-order valence-corrected chi connectivity index (χ0v) is 14.2. The number of halogens is 1. The summed E-state index contributed by atoms with van der Waals surface area (Å²) in [5.41, 5.74) is 2.71. The van der Waals surface area contributed by atoms with Crippen molar-refractivity contribution in [3.63, 3.8) is 0 Å². The number of hydrogen-bond donors (Lipinski definition) is 1. The van der Waals surface area contributed by atoms with E-state index in [2.05, 4.69) is 10.5 Å². The molecular formula is C19H20FN3O2. The number of nitrogens with one attached hydrogen (secondary N) is 1. The van der Waals surface area contributed by atoms with Gasteiger partial charge in [0.15, 0.2) is 0 Å². The van der Waals surface area contributed by atoms with Gasteiger partial charge < -0.3 is 4.90 Å². The molecule has 1 N–H and O–H groups in total. The molecule has 0 saturated heterocycles. The first kappa shape index (κ1) is 17.2. The maximum Gasteiger partial charge on any atom is 0.240 e. The average Bonchev–Trinajstić information content (AvgIpc) is 2.77. The van der Waals surface area contributed by atoms with Gasteiger partial charge in [-0.1, -0.05) is 29.4 Å². The number of likely N-dealkylation sites (N-methyl/N-ethyl adjacent to an activating group) is 1. The molecule has 0 radical (unpaired) electrons. The number of benzene rings is 2. The summed E-state index contributed by atoms with van der Waals surface area (Å²) in [7, 11) is 0. The third-order valence-corrected chi connectivity index (χ3v) is 4.58. The second-order valence-electron chi connectivity index (χ2n) is 6.07. The van der Waals surface area contributed by atoms with Gasteiger partial charge in [-0.25, -0.2) is 4.39 Å². The van der Waals surface area contributed by atoms with Crippen LogP contribution < -0.4 is 10.2 Å². The molecule has 0 spiro atoms. The lowest BCUT2D eigenvalue weighted by atomic mass is 9.93. The number of carbonyl (C=O) groups is 1. The van der Waals surface area contributed by atoms with E-state index < -0.39 is 12.1 Å². The van der Waals surface area contributed by atoms with Crippen LogP contribution in [0.2, 0.25) is 0 Å². The minimum atomic E-state index is -0.513. The maximum atomic E-state index is 14.4. The molecule has 2 atom stereocenters. The van der Waals surface area contributed by atoms with E-state index in [1.807, 2.05) is 19.1 Å². The molecule has 0 fully saturated rings. The van der Waals surface area contributed by atoms with Gasteiger partial charge in [0, 0.05) is 17.8 Å². The number of amides is 1. The van der Waals surface area contributed by atoms with Crippen LogP contribution in [0.5, 0.6) is 0 Å². The number of fused-ring (bicyclic) bond motifs is 1. The Balaban J connectivity index is 2.20. The van der Waals surface area contributed by atoms with Crippen LogP contribution in [0.4, 0.5) is 10.1 Å². The van der Waals surface area contributed by atoms with Gasteiger partial charge >= 0.3 is 0 Å². The first-order valence-electron chi connectivity index (χ1n) is 8.31. The SMILES string of the molecule is CCN1C(=O)CNC(c2ccccc2F)c2cc(C(C)N=O)ccc21. The van der Waals surface area contributed by atoms with Gasteiger partial charge in [-0.2, -0.15) is 4.91 Å². The van der Waals surface area contributed by atoms with Crippen molar-refractivity contribution in [3.8, 4) is 0 Å². The lowest BCUT2D eigenvalue weighted by Gasteiger charge is -2.24. The predicted octanol–water partition coefficient (Wildman–Crippen LogP) is 3.70. The Hall–Kier alpha value is -2.60. The first-order valence-corrected chi connectivity index (χ1v) is 8.31. The fourth-order valence-corrected chi connectivity index (χ4v) is 3.23. The normalized spacial score (nSPS) is 18.4. The van der Waals surface area contributed by atoms with Crippen molar-refractivity contribution in [1.82, 2.24) is 5.32 Å². The number of nitroso groups, excluding NO2 is 1. The molecule has 2 aromatic rings. The maximum absolute atomic E-state index is 14.4. The van der Waals surface area contributed by atoms with Gasteiger partial charge in [0.25, 0.3) is 0 Å². The highest BCUT2D eigenvalue weighted by atomic mass is 19.1.